The largest absolute Gasteiger partial charge is 0.461 e. The minimum Gasteiger partial charge on any atom is -0.461 e. The van der Waals surface area contributed by atoms with Crippen LogP contribution in [0.2, 0.25) is 0 Å². The summed E-state index contributed by atoms with van der Waals surface area (Å²) >= 11 is 5.32. The summed E-state index contributed by atoms with van der Waals surface area (Å²) in [6.07, 6.45) is -3.68. The second-order valence-corrected chi connectivity index (χ2v) is 7.92. The summed E-state index contributed by atoms with van der Waals surface area (Å²) in [6, 6.07) is 17.4. The monoisotopic (exact) mass is 408 g/mol. The Kier molecular flexibility index (Phi) is 5.57. The van der Waals surface area contributed by atoms with Crippen molar-refractivity contribution in [2.75, 3.05) is 0 Å². The van der Waals surface area contributed by atoms with Crippen LogP contribution in [0.5, 0.6) is 0 Å². The minimum atomic E-state index is -4.60. The van der Waals surface area contributed by atoms with Gasteiger partial charge in [0.2, 0.25) is 0 Å². The number of alkyl halides is 3. The van der Waals surface area contributed by atoms with Crippen molar-refractivity contribution in [3.8, 4) is 11.1 Å². The number of carbonyl (C=O) groups excluding carboxylic acids is 1. The standard InChI is InChI=1S/C22H20ClF3O2/c1-21(2)17(12-18(23)22(24,25)26)19(21)20(27)28-13-14-7-6-10-16(11-14)15-8-4-3-5-9-15/h3-12,17,19H,13H2,1-2H3/b18-12-. The molecule has 6 heteroatoms. The maximum absolute atomic E-state index is 12.6. The molecular weight excluding hydrogens is 389 g/mol. The maximum Gasteiger partial charge on any atom is 0.426 e. The Morgan fingerprint density at radius 2 is 1.75 bits per heavy atom. The lowest BCUT2D eigenvalue weighted by atomic mass is 10.0. The first-order chi connectivity index (χ1) is 13.1. The highest BCUT2D eigenvalue weighted by Gasteiger charge is 2.62. The van der Waals surface area contributed by atoms with E-state index in [1.165, 1.54) is 0 Å². The van der Waals surface area contributed by atoms with E-state index in [2.05, 4.69) is 0 Å². The molecule has 2 aromatic carbocycles. The van der Waals surface area contributed by atoms with Gasteiger partial charge in [0.15, 0.2) is 0 Å². The molecule has 2 atom stereocenters. The highest BCUT2D eigenvalue weighted by Crippen LogP contribution is 2.60. The number of rotatable bonds is 5. The number of esters is 1. The third kappa shape index (κ3) is 4.41. The molecule has 0 N–H and O–H groups in total. The molecule has 1 saturated carbocycles. The van der Waals surface area contributed by atoms with Crippen LogP contribution in [0.15, 0.2) is 65.7 Å². The maximum atomic E-state index is 12.6. The van der Waals surface area contributed by atoms with Gasteiger partial charge < -0.3 is 4.74 Å². The van der Waals surface area contributed by atoms with Crippen LogP contribution in [0.25, 0.3) is 11.1 Å². The van der Waals surface area contributed by atoms with Crippen LogP contribution in [-0.4, -0.2) is 12.1 Å². The van der Waals surface area contributed by atoms with Gasteiger partial charge in [-0.15, -0.1) is 0 Å². The third-order valence-corrected chi connectivity index (χ3v) is 5.52. The first-order valence-corrected chi connectivity index (χ1v) is 9.24. The highest BCUT2D eigenvalue weighted by molar-refractivity contribution is 6.30. The van der Waals surface area contributed by atoms with E-state index < -0.39 is 34.4 Å². The smallest absolute Gasteiger partial charge is 0.426 e. The summed E-state index contributed by atoms with van der Waals surface area (Å²) in [5, 5.41) is -1.20. The molecule has 1 aliphatic rings. The van der Waals surface area contributed by atoms with Gasteiger partial charge in [-0.1, -0.05) is 80.1 Å². The summed E-state index contributed by atoms with van der Waals surface area (Å²) in [4.78, 5) is 12.4. The zero-order valence-electron chi connectivity index (χ0n) is 15.5. The molecule has 148 valence electrons. The Bertz CT molecular complexity index is 888. The third-order valence-electron chi connectivity index (χ3n) is 5.18. The minimum absolute atomic E-state index is 0.0650. The number of halogens is 4. The lowest BCUT2D eigenvalue weighted by molar-refractivity contribution is -0.147. The van der Waals surface area contributed by atoms with Crippen molar-refractivity contribution in [3.05, 3.63) is 71.3 Å². The predicted molar refractivity (Wildman–Crippen MR) is 102 cm³/mol. The van der Waals surface area contributed by atoms with Crippen molar-refractivity contribution in [2.45, 2.75) is 26.6 Å². The van der Waals surface area contributed by atoms with Gasteiger partial charge in [0.1, 0.15) is 11.6 Å². The Morgan fingerprint density at radius 3 is 2.39 bits per heavy atom. The fourth-order valence-electron chi connectivity index (χ4n) is 3.41. The number of carbonyl (C=O) groups is 1. The summed E-state index contributed by atoms with van der Waals surface area (Å²) < 4.78 is 43.3. The van der Waals surface area contributed by atoms with Crippen LogP contribution >= 0.6 is 11.6 Å². The van der Waals surface area contributed by atoms with Crippen LogP contribution < -0.4 is 0 Å². The molecule has 2 nitrogen and oxygen atoms in total. The highest BCUT2D eigenvalue weighted by atomic mass is 35.5. The Balaban J connectivity index is 1.65. The van der Waals surface area contributed by atoms with Gasteiger partial charge in [0, 0.05) is 0 Å². The number of hydrogen-bond acceptors (Lipinski definition) is 2. The second kappa shape index (κ2) is 7.63. The first kappa shape index (κ1) is 20.5. The van der Waals surface area contributed by atoms with Crippen LogP contribution in [0.3, 0.4) is 0 Å². The van der Waals surface area contributed by atoms with E-state index in [1.807, 2.05) is 54.6 Å². The molecule has 1 aliphatic carbocycles. The number of hydrogen-bond donors (Lipinski definition) is 0. The molecule has 1 fully saturated rings. The first-order valence-electron chi connectivity index (χ1n) is 8.86. The fourth-order valence-corrected chi connectivity index (χ4v) is 3.54. The zero-order valence-corrected chi connectivity index (χ0v) is 16.2. The molecule has 2 aromatic rings. The molecule has 2 unspecified atom stereocenters. The topological polar surface area (TPSA) is 26.3 Å². The molecule has 0 saturated heterocycles. The van der Waals surface area contributed by atoms with Gasteiger partial charge in [-0.05, 0) is 34.1 Å². The summed E-state index contributed by atoms with van der Waals surface area (Å²) in [5.41, 5.74) is 2.24. The van der Waals surface area contributed by atoms with E-state index >= 15 is 0 Å². The van der Waals surface area contributed by atoms with Crippen molar-refractivity contribution in [3.63, 3.8) is 0 Å². The number of benzene rings is 2. The van der Waals surface area contributed by atoms with Gasteiger partial charge in [0.05, 0.1) is 5.92 Å². The van der Waals surface area contributed by atoms with Crippen LogP contribution in [0.4, 0.5) is 13.2 Å². The van der Waals surface area contributed by atoms with E-state index in [4.69, 9.17) is 16.3 Å². The molecule has 0 spiro atoms. The van der Waals surface area contributed by atoms with Crippen molar-refractivity contribution in [1.29, 1.82) is 0 Å². The summed E-state index contributed by atoms with van der Waals surface area (Å²) in [7, 11) is 0. The van der Waals surface area contributed by atoms with Crippen LogP contribution in [0, 0.1) is 17.3 Å². The van der Waals surface area contributed by atoms with Gasteiger partial charge in [-0.2, -0.15) is 13.2 Å². The molecule has 3 rings (SSSR count). The molecule has 0 amide bonds. The average molecular weight is 409 g/mol. The molecule has 0 radical (unpaired) electrons. The van der Waals surface area contributed by atoms with E-state index in [-0.39, 0.29) is 6.61 Å². The summed E-state index contributed by atoms with van der Waals surface area (Å²) in [6.45, 7) is 3.53. The lowest BCUT2D eigenvalue weighted by Gasteiger charge is -2.08. The molecule has 0 aliphatic heterocycles. The molecule has 0 aromatic heterocycles. The van der Waals surface area contributed by atoms with Crippen molar-refractivity contribution in [1.82, 2.24) is 0 Å². The zero-order chi connectivity index (χ0) is 20.5. The van der Waals surface area contributed by atoms with Crippen molar-refractivity contribution >= 4 is 17.6 Å². The SMILES string of the molecule is CC1(C)C(/C=C(\Cl)C(F)(F)F)C1C(=O)OCc1cccc(-c2ccccc2)c1. The quantitative estimate of drug-likeness (QED) is 0.538. The Labute approximate surface area is 167 Å². The summed E-state index contributed by atoms with van der Waals surface area (Å²) in [5.74, 6) is -1.74. The molecule has 28 heavy (non-hydrogen) atoms. The Hall–Kier alpha value is -2.27. The Morgan fingerprint density at radius 1 is 1.11 bits per heavy atom. The van der Waals surface area contributed by atoms with Gasteiger partial charge >= 0.3 is 12.1 Å². The van der Waals surface area contributed by atoms with Gasteiger partial charge in [0.25, 0.3) is 0 Å². The average Bonchev–Trinajstić information content (AvgIpc) is 3.20. The van der Waals surface area contributed by atoms with Crippen LogP contribution in [-0.2, 0) is 16.1 Å². The van der Waals surface area contributed by atoms with Crippen molar-refractivity contribution < 1.29 is 22.7 Å². The van der Waals surface area contributed by atoms with E-state index in [1.54, 1.807) is 13.8 Å². The lowest BCUT2D eigenvalue weighted by Crippen LogP contribution is -2.11. The van der Waals surface area contributed by atoms with Gasteiger partial charge in [-0.3, -0.25) is 4.79 Å². The number of ether oxygens (including phenoxy) is 1. The molecule has 0 heterocycles. The van der Waals surface area contributed by atoms with Crippen molar-refractivity contribution in [2.24, 2.45) is 17.3 Å². The van der Waals surface area contributed by atoms with E-state index in [0.717, 1.165) is 22.8 Å². The second-order valence-electron chi connectivity index (χ2n) is 7.51. The van der Waals surface area contributed by atoms with Crippen LogP contribution in [0.1, 0.15) is 19.4 Å². The fraction of sp³-hybridized carbons (Fsp3) is 0.318. The molecule has 0 bridgehead atoms. The molecular formula is C22H20ClF3O2. The normalized spacial score (nSPS) is 21.3. The van der Waals surface area contributed by atoms with E-state index in [0.29, 0.717) is 0 Å². The predicted octanol–water partition coefficient (Wildman–Crippen LogP) is 6.35. The van der Waals surface area contributed by atoms with Gasteiger partial charge in [-0.25, -0.2) is 0 Å². The number of allylic oxidation sites excluding steroid dienone is 2. The van der Waals surface area contributed by atoms with E-state index in [9.17, 15) is 18.0 Å².